The normalized spacial score (nSPS) is 11.9. The molecule has 12 rings (SSSR count). The molecule has 0 bridgehead atoms. The lowest BCUT2D eigenvalue weighted by Crippen LogP contribution is -2.00. The van der Waals surface area contributed by atoms with Crippen LogP contribution in [0, 0.1) is 0 Å². The van der Waals surface area contributed by atoms with Crippen LogP contribution in [0.5, 0.6) is 0 Å². The van der Waals surface area contributed by atoms with Crippen LogP contribution in [-0.2, 0) is 0 Å². The Labute approximate surface area is 325 Å². The van der Waals surface area contributed by atoms with Crippen LogP contribution in [0.4, 0.5) is 0 Å². The van der Waals surface area contributed by atoms with Crippen LogP contribution in [0.15, 0.2) is 191 Å². The van der Waals surface area contributed by atoms with Gasteiger partial charge in [0.2, 0.25) is 0 Å². The van der Waals surface area contributed by atoms with E-state index in [9.17, 15) is 0 Å². The van der Waals surface area contributed by atoms with Gasteiger partial charge in [0.05, 0.1) is 27.7 Å². The van der Waals surface area contributed by atoms with E-state index in [1.54, 1.807) is 0 Å². The van der Waals surface area contributed by atoms with Gasteiger partial charge in [0.25, 0.3) is 0 Å². The largest absolute Gasteiger partial charge is 0.455 e. The SMILES string of the molecule is c1ccc(-c2nc(-c3ccc4c(c3)c3ccccc3n4-c3cccc4oc5c(-c6ccccc6)cccc5c34)nc(-c3cccc4c3oc3ccccc34)n2)cc1. The van der Waals surface area contributed by atoms with Crippen molar-refractivity contribution in [1.82, 2.24) is 19.5 Å². The van der Waals surface area contributed by atoms with Crippen molar-refractivity contribution in [2.24, 2.45) is 0 Å². The summed E-state index contributed by atoms with van der Waals surface area (Å²) < 4.78 is 15.5. The van der Waals surface area contributed by atoms with Crippen LogP contribution in [0.25, 0.3) is 117 Å². The topological polar surface area (TPSA) is 69.9 Å². The Balaban J connectivity index is 1.08. The smallest absolute Gasteiger partial charge is 0.167 e. The quantitative estimate of drug-likeness (QED) is 0.176. The molecule has 4 aromatic heterocycles. The molecule has 57 heavy (non-hydrogen) atoms. The Hall–Kier alpha value is -7.83. The summed E-state index contributed by atoms with van der Waals surface area (Å²) in [5, 5.41) is 6.47. The highest BCUT2D eigenvalue weighted by molar-refractivity contribution is 6.16. The standard InChI is InChI=1S/C51H30N4O2/c1-3-14-31(15-4-1)34-20-11-22-38-46-43(25-13-27-45(46)57-47(34)38)55-41-24-9-7-18-35(41)40-30-33(28-29-42(40)55)50-52-49(32-16-5-2-6-17-32)53-51(54-50)39-23-12-21-37-36-19-8-10-26-44(36)56-48(37)39/h1-30H. The molecule has 0 saturated heterocycles. The summed E-state index contributed by atoms with van der Waals surface area (Å²) >= 11 is 0. The van der Waals surface area contributed by atoms with Gasteiger partial charge in [-0.3, -0.25) is 0 Å². The molecule has 0 fully saturated rings. The zero-order chi connectivity index (χ0) is 37.5. The number of benzene rings is 8. The van der Waals surface area contributed by atoms with E-state index in [4.69, 9.17) is 23.8 Å². The lowest BCUT2D eigenvalue weighted by Gasteiger charge is -2.11. The molecule has 4 heterocycles. The first-order valence-corrected chi connectivity index (χ1v) is 19.0. The molecule has 0 aliphatic carbocycles. The van der Waals surface area contributed by atoms with Gasteiger partial charge < -0.3 is 13.4 Å². The van der Waals surface area contributed by atoms with Gasteiger partial charge in [-0.15, -0.1) is 0 Å². The fraction of sp³-hybridized carbons (Fsp3) is 0. The first-order valence-electron chi connectivity index (χ1n) is 19.0. The van der Waals surface area contributed by atoms with Crippen molar-refractivity contribution < 1.29 is 8.83 Å². The molecule has 0 radical (unpaired) electrons. The third-order valence-corrected chi connectivity index (χ3v) is 11.1. The van der Waals surface area contributed by atoms with E-state index in [-0.39, 0.29) is 0 Å². The van der Waals surface area contributed by atoms with Gasteiger partial charge in [-0.05, 0) is 54.1 Å². The lowest BCUT2D eigenvalue weighted by atomic mass is 10.0. The molecule has 0 saturated carbocycles. The van der Waals surface area contributed by atoms with Crippen LogP contribution in [0.3, 0.4) is 0 Å². The molecule has 8 aromatic carbocycles. The van der Waals surface area contributed by atoms with Crippen molar-refractivity contribution in [3.8, 4) is 51.0 Å². The third kappa shape index (κ3) is 4.87. The second-order valence-electron chi connectivity index (χ2n) is 14.3. The van der Waals surface area contributed by atoms with Crippen LogP contribution in [-0.4, -0.2) is 19.5 Å². The van der Waals surface area contributed by atoms with E-state index < -0.39 is 0 Å². The number of hydrogen-bond donors (Lipinski definition) is 0. The van der Waals surface area contributed by atoms with Gasteiger partial charge in [-0.25, -0.2) is 15.0 Å². The number of aromatic nitrogens is 4. The first-order chi connectivity index (χ1) is 28.3. The number of furan rings is 2. The highest BCUT2D eigenvalue weighted by Gasteiger charge is 2.22. The fourth-order valence-corrected chi connectivity index (χ4v) is 8.50. The van der Waals surface area contributed by atoms with E-state index in [0.29, 0.717) is 17.5 Å². The van der Waals surface area contributed by atoms with Gasteiger partial charge in [-0.2, -0.15) is 0 Å². The van der Waals surface area contributed by atoms with Gasteiger partial charge in [0.1, 0.15) is 22.3 Å². The molecule has 0 atom stereocenters. The minimum absolute atomic E-state index is 0.555. The Bertz CT molecular complexity index is 3530. The molecular formula is C51H30N4O2. The zero-order valence-corrected chi connectivity index (χ0v) is 30.4. The first kappa shape index (κ1) is 31.5. The molecule has 0 aliphatic rings. The predicted octanol–water partition coefficient (Wildman–Crippen LogP) is 13.4. The van der Waals surface area contributed by atoms with Crippen LogP contribution >= 0.6 is 0 Å². The van der Waals surface area contributed by atoms with Crippen molar-refractivity contribution in [3.05, 3.63) is 182 Å². The van der Waals surface area contributed by atoms with Gasteiger partial charge in [0.15, 0.2) is 17.5 Å². The highest BCUT2D eigenvalue weighted by atomic mass is 16.3. The summed E-state index contributed by atoms with van der Waals surface area (Å²) in [5.41, 5.74) is 11.4. The second kappa shape index (κ2) is 12.3. The lowest BCUT2D eigenvalue weighted by molar-refractivity contribution is 0.669. The molecule has 266 valence electrons. The van der Waals surface area contributed by atoms with Crippen LogP contribution in [0.1, 0.15) is 0 Å². The maximum absolute atomic E-state index is 6.67. The molecular weight excluding hydrogens is 701 g/mol. The average Bonchev–Trinajstić information content (AvgIpc) is 3.96. The summed E-state index contributed by atoms with van der Waals surface area (Å²) in [6, 6.07) is 62.6. The average molecular weight is 731 g/mol. The molecule has 0 amide bonds. The molecule has 0 N–H and O–H groups in total. The minimum atomic E-state index is 0.555. The molecule has 0 aliphatic heterocycles. The van der Waals surface area contributed by atoms with E-state index in [1.807, 2.05) is 66.7 Å². The zero-order valence-electron chi connectivity index (χ0n) is 30.4. The van der Waals surface area contributed by atoms with Crippen molar-refractivity contribution in [3.63, 3.8) is 0 Å². The fourth-order valence-electron chi connectivity index (χ4n) is 8.50. The van der Waals surface area contributed by atoms with E-state index in [1.165, 1.54) is 0 Å². The van der Waals surface area contributed by atoms with Crippen molar-refractivity contribution in [2.75, 3.05) is 0 Å². The monoisotopic (exact) mass is 730 g/mol. The molecule has 0 spiro atoms. The summed E-state index contributed by atoms with van der Waals surface area (Å²) in [6.07, 6.45) is 0. The molecule has 12 aromatic rings. The predicted molar refractivity (Wildman–Crippen MR) is 230 cm³/mol. The number of nitrogens with zero attached hydrogens (tertiary/aromatic N) is 4. The Morgan fingerprint density at radius 3 is 1.77 bits per heavy atom. The Kier molecular flexibility index (Phi) is 6.83. The number of fused-ring (bicyclic) bond motifs is 9. The number of rotatable bonds is 5. The Morgan fingerprint density at radius 2 is 0.930 bits per heavy atom. The summed E-state index contributed by atoms with van der Waals surface area (Å²) in [5.74, 6) is 1.74. The van der Waals surface area contributed by atoms with Crippen LogP contribution in [0.2, 0.25) is 0 Å². The molecule has 6 nitrogen and oxygen atoms in total. The second-order valence-corrected chi connectivity index (χ2v) is 14.3. The molecule has 0 unspecified atom stereocenters. The van der Waals surface area contributed by atoms with E-state index in [2.05, 4.69) is 120 Å². The minimum Gasteiger partial charge on any atom is -0.455 e. The summed E-state index contributed by atoms with van der Waals surface area (Å²) in [4.78, 5) is 15.3. The van der Waals surface area contributed by atoms with E-state index in [0.717, 1.165) is 99.2 Å². The maximum Gasteiger partial charge on any atom is 0.167 e. The maximum atomic E-state index is 6.67. The summed E-state index contributed by atoms with van der Waals surface area (Å²) in [6.45, 7) is 0. The Morgan fingerprint density at radius 1 is 0.351 bits per heavy atom. The molecule has 6 heteroatoms. The van der Waals surface area contributed by atoms with Crippen LogP contribution < -0.4 is 0 Å². The van der Waals surface area contributed by atoms with Crippen molar-refractivity contribution in [2.45, 2.75) is 0 Å². The van der Waals surface area contributed by atoms with Gasteiger partial charge >= 0.3 is 0 Å². The number of hydrogen-bond acceptors (Lipinski definition) is 5. The summed E-state index contributed by atoms with van der Waals surface area (Å²) in [7, 11) is 0. The third-order valence-electron chi connectivity index (χ3n) is 11.1. The van der Waals surface area contributed by atoms with Crippen molar-refractivity contribution in [1.29, 1.82) is 0 Å². The van der Waals surface area contributed by atoms with Gasteiger partial charge in [-0.1, -0.05) is 133 Å². The van der Waals surface area contributed by atoms with Crippen molar-refractivity contribution >= 4 is 65.7 Å². The highest BCUT2D eigenvalue weighted by Crippen LogP contribution is 2.42. The van der Waals surface area contributed by atoms with Gasteiger partial charge in [0, 0.05) is 43.6 Å². The number of para-hydroxylation sites is 4. The van der Waals surface area contributed by atoms with E-state index >= 15 is 0 Å².